The van der Waals surface area contributed by atoms with E-state index in [0.717, 1.165) is 18.4 Å². The molecule has 1 fully saturated rings. The van der Waals surface area contributed by atoms with Crippen molar-refractivity contribution in [1.29, 1.82) is 0 Å². The lowest BCUT2D eigenvalue weighted by Gasteiger charge is -2.30. The average molecular weight is 293 g/mol. The molecule has 2 atom stereocenters. The molecule has 1 aliphatic carbocycles. The van der Waals surface area contributed by atoms with Crippen molar-refractivity contribution in [1.82, 2.24) is 5.32 Å². The van der Waals surface area contributed by atoms with Crippen LogP contribution >= 0.6 is 0 Å². The normalized spacial score (nSPS) is 20.3. The molecular weight excluding hydrogens is 266 g/mol. The molecule has 1 aromatic carbocycles. The van der Waals surface area contributed by atoms with Gasteiger partial charge in [0.05, 0.1) is 31.0 Å². The van der Waals surface area contributed by atoms with Gasteiger partial charge in [0.15, 0.2) is 0 Å². The Morgan fingerprint density at radius 1 is 1.29 bits per heavy atom. The smallest absolute Gasteiger partial charge is 0.0898 e. The molecule has 118 valence electrons. The van der Waals surface area contributed by atoms with Crippen LogP contribution < -0.4 is 5.32 Å². The second-order valence-corrected chi connectivity index (χ2v) is 6.13. The third-order valence-corrected chi connectivity index (χ3v) is 4.28. The topological polar surface area (TPSA) is 61.7 Å². The highest BCUT2D eigenvalue weighted by molar-refractivity contribution is 5.23. The summed E-state index contributed by atoms with van der Waals surface area (Å²) in [5, 5.41) is 23.0. The Balaban J connectivity index is 1.79. The van der Waals surface area contributed by atoms with Gasteiger partial charge in [-0.15, -0.1) is 0 Å². The maximum Gasteiger partial charge on any atom is 0.0898 e. The minimum absolute atomic E-state index is 0.0206. The minimum atomic E-state index is -0.555. The van der Waals surface area contributed by atoms with Gasteiger partial charge in [0.25, 0.3) is 0 Å². The Hall–Kier alpha value is -0.940. The summed E-state index contributed by atoms with van der Waals surface area (Å²) in [5.41, 5.74) is 0.465. The highest BCUT2D eigenvalue weighted by Crippen LogP contribution is 2.21. The summed E-state index contributed by atoms with van der Waals surface area (Å²) in [4.78, 5) is 0. The van der Waals surface area contributed by atoms with Crippen molar-refractivity contribution in [2.24, 2.45) is 0 Å². The number of rotatable bonds is 8. The number of hydrogen-bond acceptors (Lipinski definition) is 4. The Morgan fingerprint density at radius 3 is 2.57 bits per heavy atom. The minimum Gasteiger partial charge on any atom is -0.394 e. The molecule has 21 heavy (non-hydrogen) atoms. The molecule has 0 heterocycles. The van der Waals surface area contributed by atoms with Crippen LogP contribution in [0.25, 0.3) is 0 Å². The lowest BCUT2D eigenvalue weighted by molar-refractivity contribution is -0.00919. The summed E-state index contributed by atoms with van der Waals surface area (Å²) < 4.78 is 5.72. The van der Waals surface area contributed by atoms with Crippen LogP contribution in [0.4, 0.5) is 0 Å². The van der Waals surface area contributed by atoms with Crippen LogP contribution in [0.15, 0.2) is 30.3 Å². The van der Waals surface area contributed by atoms with Crippen molar-refractivity contribution < 1.29 is 14.9 Å². The van der Waals surface area contributed by atoms with Crippen molar-refractivity contribution in [2.45, 2.75) is 50.4 Å². The van der Waals surface area contributed by atoms with Crippen molar-refractivity contribution in [3.63, 3.8) is 0 Å². The van der Waals surface area contributed by atoms with E-state index in [1.807, 2.05) is 37.3 Å². The van der Waals surface area contributed by atoms with E-state index < -0.39 is 11.6 Å². The van der Waals surface area contributed by atoms with E-state index in [2.05, 4.69) is 5.32 Å². The van der Waals surface area contributed by atoms with E-state index >= 15 is 0 Å². The third-order valence-electron chi connectivity index (χ3n) is 4.28. The molecule has 0 spiro atoms. The number of aliphatic hydroxyl groups excluding tert-OH is 2. The maximum atomic E-state index is 10.0. The Morgan fingerprint density at radius 2 is 1.95 bits per heavy atom. The Bertz CT molecular complexity index is 406. The molecule has 0 amide bonds. The first-order valence-corrected chi connectivity index (χ1v) is 7.85. The first-order chi connectivity index (χ1) is 10.1. The molecular formula is C17H27NO3. The molecule has 4 heteroatoms. The molecule has 0 aliphatic heterocycles. The third kappa shape index (κ3) is 4.78. The molecule has 0 radical (unpaired) electrons. The number of ether oxygens (including phenoxy) is 1. The number of nitrogens with one attached hydrogen (secondary N) is 1. The highest BCUT2D eigenvalue weighted by atomic mass is 16.5. The quantitative estimate of drug-likeness (QED) is 0.684. The van der Waals surface area contributed by atoms with Crippen LogP contribution in [0.3, 0.4) is 0 Å². The van der Waals surface area contributed by atoms with Gasteiger partial charge in [0.1, 0.15) is 0 Å². The van der Waals surface area contributed by atoms with Gasteiger partial charge in [0, 0.05) is 6.54 Å². The second-order valence-electron chi connectivity index (χ2n) is 6.13. The predicted molar refractivity (Wildman–Crippen MR) is 83.1 cm³/mol. The van der Waals surface area contributed by atoms with Crippen LogP contribution in [0, 0.1) is 0 Å². The van der Waals surface area contributed by atoms with Crippen LogP contribution in [0.2, 0.25) is 0 Å². The Kier molecular flexibility index (Phi) is 6.18. The molecule has 1 aromatic rings. The van der Waals surface area contributed by atoms with Crippen LogP contribution in [-0.2, 0) is 10.3 Å². The molecule has 0 aromatic heterocycles. The van der Waals surface area contributed by atoms with Crippen molar-refractivity contribution in [3.05, 3.63) is 35.9 Å². The molecule has 1 aliphatic rings. The van der Waals surface area contributed by atoms with Crippen molar-refractivity contribution >= 4 is 0 Å². The van der Waals surface area contributed by atoms with Crippen molar-refractivity contribution in [3.8, 4) is 0 Å². The monoisotopic (exact) mass is 293 g/mol. The largest absolute Gasteiger partial charge is 0.394 e. The van der Waals surface area contributed by atoms with E-state index in [9.17, 15) is 10.2 Å². The molecule has 3 N–H and O–H groups in total. The van der Waals surface area contributed by atoms with E-state index in [1.165, 1.54) is 12.8 Å². The molecule has 1 saturated carbocycles. The van der Waals surface area contributed by atoms with Crippen LogP contribution in [-0.4, -0.2) is 42.2 Å². The SMILES string of the molecule is CC(CO)(NCC(O)COC1CCCC1)c1ccccc1. The van der Waals surface area contributed by atoms with Gasteiger partial charge in [-0.05, 0) is 25.3 Å². The van der Waals surface area contributed by atoms with Gasteiger partial charge >= 0.3 is 0 Å². The summed E-state index contributed by atoms with van der Waals surface area (Å²) in [6, 6.07) is 9.80. The first kappa shape index (κ1) is 16.4. The summed E-state index contributed by atoms with van der Waals surface area (Å²) in [7, 11) is 0. The molecule has 2 unspecified atom stereocenters. The summed E-state index contributed by atoms with van der Waals surface area (Å²) in [6.07, 6.45) is 4.44. The zero-order valence-electron chi connectivity index (χ0n) is 12.8. The van der Waals surface area contributed by atoms with Crippen LogP contribution in [0.1, 0.15) is 38.2 Å². The molecule has 2 rings (SSSR count). The lowest BCUT2D eigenvalue weighted by Crippen LogP contribution is -2.47. The molecule has 0 saturated heterocycles. The zero-order chi connectivity index (χ0) is 15.1. The zero-order valence-corrected chi connectivity index (χ0v) is 12.8. The molecule has 4 nitrogen and oxygen atoms in total. The fourth-order valence-corrected chi connectivity index (χ4v) is 2.76. The summed E-state index contributed by atoms with van der Waals surface area (Å²) in [6.45, 7) is 2.67. The second kappa shape index (κ2) is 7.90. The van der Waals surface area contributed by atoms with Gasteiger partial charge in [0.2, 0.25) is 0 Å². The number of benzene rings is 1. The van der Waals surface area contributed by atoms with E-state index in [0.29, 0.717) is 19.3 Å². The Labute approximate surface area is 127 Å². The van der Waals surface area contributed by atoms with Crippen LogP contribution in [0.5, 0.6) is 0 Å². The van der Waals surface area contributed by atoms with Gasteiger partial charge in [-0.1, -0.05) is 43.2 Å². The lowest BCUT2D eigenvalue weighted by atomic mass is 9.93. The van der Waals surface area contributed by atoms with E-state index in [-0.39, 0.29) is 6.61 Å². The van der Waals surface area contributed by atoms with Gasteiger partial charge in [-0.2, -0.15) is 0 Å². The summed E-state index contributed by atoms with van der Waals surface area (Å²) >= 11 is 0. The van der Waals surface area contributed by atoms with Gasteiger partial charge in [-0.25, -0.2) is 0 Å². The predicted octanol–water partition coefficient (Wildman–Crippen LogP) is 1.80. The average Bonchev–Trinajstić information content (AvgIpc) is 3.05. The van der Waals surface area contributed by atoms with Crippen molar-refractivity contribution in [2.75, 3.05) is 19.8 Å². The number of hydrogen-bond donors (Lipinski definition) is 3. The van der Waals surface area contributed by atoms with Gasteiger partial charge in [-0.3, -0.25) is 0 Å². The van der Waals surface area contributed by atoms with Gasteiger partial charge < -0.3 is 20.3 Å². The standard InChI is InChI=1S/C17H27NO3/c1-17(13-19,14-7-3-2-4-8-14)18-11-15(20)12-21-16-9-5-6-10-16/h2-4,7-8,15-16,18-20H,5-6,9-13H2,1H3. The fourth-order valence-electron chi connectivity index (χ4n) is 2.76. The highest BCUT2D eigenvalue weighted by Gasteiger charge is 2.26. The first-order valence-electron chi connectivity index (χ1n) is 7.85. The summed E-state index contributed by atoms with van der Waals surface area (Å²) in [5.74, 6) is 0. The maximum absolute atomic E-state index is 10.0. The van der Waals surface area contributed by atoms with E-state index in [4.69, 9.17) is 4.74 Å². The molecule has 0 bridgehead atoms. The fraction of sp³-hybridized carbons (Fsp3) is 0.647. The van der Waals surface area contributed by atoms with E-state index in [1.54, 1.807) is 0 Å². The number of aliphatic hydroxyl groups is 2.